The number of hydrogen-bond donors (Lipinski definition) is 3. The van der Waals surface area contributed by atoms with Gasteiger partial charge in [-0.3, -0.25) is 0 Å². The Morgan fingerprint density at radius 3 is 2.71 bits per heavy atom. The zero-order valence-corrected chi connectivity index (χ0v) is 11.8. The smallest absolute Gasteiger partial charge is 0.482 e. The van der Waals surface area contributed by atoms with Crippen LogP contribution in [-0.4, -0.2) is 29.3 Å². The average molecular weight is 312 g/mol. The summed E-state index contributed by atoms with van der Waals surface area (Å²) in [5.74, 6) is 0.545. The van der Waals surface area contributed by atoms with Gasteiger partial charge in [-0.2, -0.15) is 0 Å². The van der Waals surface area contributed by atoms with Gasteiger partial charge in [0, 0.05) is 17.6 Å². The van der Waals surface area contributed by atoms with E-state index in [2.05, 4.69) is 4.98 Å². The molecule has 111 valence electrons. The first-order valence-electron chi connectivity index (χ1n) is 5.95. The number of rotatable bonds is 4. The molecule has 0 unspecified atom stereocenters. The van der Waals surface area contributed by atoms with E-state index in [-0.39, 0.29) is 13.5 Å². The van der Waals surface area contributed by atoms with Crippen molar-refractivity contribution in [2.45, 2.75) is 6.42 Å². The van der Waals surface area contributed by atoms with Crippen LogP contribution in [0.1, 0.15) is 5.56 Å². The molecule has 0 aliphatic rings. The first-order valence-corrected chi connectivity index (χ1v) is 6.33. The Hall–Kier alpha value is -1.83. The molecule has 4 N–H and O–H groups in total. The van der Waals surface area contributed by atoms with E-state index < -0.39 is 0 Å². The first-order chi connectivity index (χ1) is 10.1. The van der Waals surface area contributed by atoms with Crippen LogP contribution < -0.4 is 10.5 Å². The Labute approximate surface area is 127 Å². The van der Waals surface area contributed by atoms with Gasteiger partial charge < -0.3 is 20.5 Å². The second-order valence-corrected chi connectivity index (χ2v) is 4.24. The summed E-state index contributed by atoms with van der Waals surface area (Å²) in [6.45, 7) is 0.360. The van der Waals surface area contributed by atoms with Gasteiger partial charge in [0.1, 0.15) is 5.82 Å². The molecule has 5 nitrogen and oxygen atoms in total. The van der Waals surface area contributed by atoms with Gasteiger partial charge >= 0.3 is 7.69 Å². The molecule has 0 saturated heterocycles. The first kappa shape index (κ1) is 17.2. The van der Waals surface area contributed by atoms with Crippen LogP contribution in [0, 0.1) is 5.82 Å². The molecule has 0 bridgehead atoms. The van der Waals surface area contributed by atoms with Gasteiger partial charge in [0.2, 0.25) is 0 Å². The fraction of sp³-hybridized carbons (Fsp3) is 0.154. The molecule has 0 atom stereocenters. The molecular formula is C13H14BClFN2O3. The molecule has 1 radical (unpaired) electrons. The van der Waals surface area contributed by atoms with Crippen LogP contribution in [0.3, 0.4) is 0 Å². The molecule has 2 rings (SSSR count). The molecule has 1 heterocycles. The lowest BCUT2D eigenvalue weighted by Gasteiger charge is -2.08. The van der Waals surface area contributed by atoms with Crippen LogP contribution in [0.2, 0.25) is 5.02 Å². The Bertz CT molecular complexity index is 575. The van der Waals surface area contributed by atoms with Gasteiger partial charge in [0.25, 0.3) is 0 Å². The van der Waals surface area contributed by atoms with Crippen molar-refractivity contribution in [2.24, 2.45) is 0 Å². The lowest BCUT2D eigenvalue weighted by molar-refractivity contribution is 0.322. The van der Waals surface area contributed by atoms with E-state index in [0.29, 0.717) is 35.2 Å². The van der Waals surface area contributed by atoms with E-state index in [1.165, 1.54) is 18.2 Å². The molecule has 0 saturated carbocycles. The predicted molar refractivity (Wildman–Crippen MR) is 79.5 cm³/mol. The second-order valence-electron chi connectivity index (χ2n) is 3.84. The summed E-state index contributed by atoms with van der Waals surface area (Å²) < 4.78 is 18.5. The summed E-state index contributed by atoms with van der Waals surface area (Å²) in [4.78, 5) is 3.90. The van der Waals surface area contributed by atoms with Gasteiger partial charge in [-0.05, 0) is 35.9 Å². The fourth-order valence-electron chi connectivity index (χ4n) is 1.53. The van der Waals surface area contributed by atoms with Crippen molar-refractivity contribution in [3.05, 3.63) is 52.9 Å². The zero-order valence-electron chi connectivity index (χ0n) is 11.0. The number of nitrogen functional groups attached to an aromatic ring is 1. The molecule has 8 heteroatoms. The summed E-state index contributed by atoms with van der Waals surface area (Å²) in [6.07, 6.45) is 2.09. The number of hydrogen-bond acceptors (Lipinski definition) is 5. The summed E-state index contributed by atoms with van der Waals surface area (Å²) >= 11 is 5.95. The number of nitrogens with two attached hydrogens (primary N) is 1. The quantitative estimate of drug-likeness (QED) is 0.746. The van der Waals surface area contributed by atoms with E-state index in [0.717, 1.165) is 0 Å². The number of benzene rings is 1. The van der Waals surface area contributed by atoms with Gasteiger partial charge in [-0.25, -0.2) is 9.37 Å². The predicted octanol–water partition coefficient (Wildman–Crippen LogP) is 1.58. The summed E-state index contributed by atoms with van der Waals surface area (Å²) in [6, 6.07) is 7.73. The zero-order chi connectivity index (χ0) is 15.7. The topological polar surface area (TPSA) is 88.6 Å². The van der Waals surface area contributed by atoms with Crippen molar-refractivity contribution in [1.82, 2.24) is 4.98 Å². The third kappa shape index (κ3) is 5.99. The third-order valence-corrected chi connectivity index (χ3v) is 2.81. The fourth-order valence-corrected chi connectivity index (χ4v) is 1.74. The molecule has 1 aromatic heterocycles. The van der Waals surface area contributed by atoms with Crippen LogP contribution in [0.15, 0.2) is 36.5 Å². The Morgan fingerprint density at radius 1 is 1.33 bits per heavy atom. The maximum atomic E-state index is 13.0. The maximum Gasteiger partial charge on any atom is 0.482 e. The number of halogens is 2. The standard InChI is InChI=1S/C13H12ClFN2O.BH2O2/c14-11-4-3-10(15)8-9(11)5-7-18-12-2-1-6-17-13(12)16;2-1-3/h1-4,6,8H,5,7H2,(H2,16,17);2-3H. The van der Waals surface area contributed by atoms with E-state index in [1.807, 2.05) is 0 Å². The Kier molecular flexibility index (Phi) is 7.53. The molecule has 0 fully saturated rings. The lowest BCUT2D eigenvalue weighted by atomic mass is 10.1. The number of pyridine rings is 1. The minimum absolute atomic E-state index is 0. The maximum absolute atomic E-state index is 13.0. The summed E-state index contributed by atoms with van der Waals surface area (Å²) in [7, 11) is 0. The highest BCUT2D eigenvalue weighted by atomic mass is 35.5. The van der Waals surface area contributed by atoms with Crippen LogP contribution >= 0.6 is 11.6 Å². The number of aromatic nitrogens is 1. The highest BCUT2D eigenvalue weighted by molar-refractivity contribution is 6.31. The van der Waals surface area contributed by atoms with Crippen LogP contribution in [0.4, 0.5) is 10.2 Å². The molecule has 0 amide bonds. The minimum Gasteiger partial charge on any atom is -0.489 e. The van der Waals surface area contributed by atoms with E-state index >= 15 is 0 Å². The molecule has 0 aliphatic carbocycles. The molecule has 0 spiro atoms. The summed E-state index contributed by atoms with van der Waals surface area (Å²) in [5.41, 5.74) is 6.34. The number of nitrogens with zero attached hydrogens (tertiary/aromatic N) is 1. The Morgan fingerprint density at radius 2 is 2.05 bits per heavy atom. The van der Waals surface area contributed by atoms with Crippen molar-refractivity contribution in [3.8, 4) is 5.75 Å². The third-order valence-electron chi connectivity index (χ3n) is 2.44. The lowest BCUT2D eigenvalue weighted by Crippen LogP contribution is -2.04. The second kappa shape index (κ2) is 9.17. The van der Waals surface area contributed by atoms with Crippen LogP contribution in [0.5, 0.6) is 5.75 Å². The Balaban J connectivity index is 0.000000677. The summed E-state index contributed by atoms with van der Waals surface area (Å²) in [5, 5.41) is 14.5. The van der Waals surface area contributed by atoms with Gasteiger partial charge in [-0.15, -0.1) is 0 Å². The minimum atomic E-state index is -0.310. The highest BCUT2D eigenvalue weighted by Gasteiger charge is 2.04. The number of anilines is 1. The highest BCUT2D eigenvalue weighted by Crippen LogP contribution is 2.20. The van der Waals surface area contributed by atoms with Gasteiger partial charge in [0.15, 0.2) is 11.6 Å². The van der Waals surface area contributed by atoms with Crippen molar-refractivity contribution in [2.75, 3.05) is 12.3 Å². The SMILES string of the molecule is Nc1ncccc1OCCc1cc(F)ccc1Cl.O[B]O. The monoisotopic (exact) mass is 311 g/mol. The van der Waals surface area contributed by atoms with Crippen molar-refractivity contribution < 1.29 is 19.2 Å². The van der Waals surface area contributed by atoms with Crippen molar-refractivity contribution in [3.63, 3.8) is 0 Å². The van der Waals surface area contributed by atoms with Crippen molar-refractivity contribution >= 4 is 25.1 Å². The molecular weight excluding hydrogens is 297 g/mol. The molecule has 1 aromatic carbocycles. The molecule has 2 aromatic rings. The average Bonchev–Trinajstić information content (AvgIpc) is 2.45. The van der Waals surface area contributed by atoms with Crippen LogP contribution in [-0.2, 0) is 6.42 Å². The molecule has 21 heavy (non-hydrogen) atoms. The molecule has 0 aliphatic heterocycles. The van der Waals surface area contributed by atoms with E-state index in [4.69, 9.17) is 32.1 Å². The normalized spacial score (nSPS) is 9.52. The van der Waals surface area contributed by atoms with Crippen LogP contribution in [0.25, 0.3) is 0 Å². The van der Waals surface area contributed by atoms with E-state index in [1.54, 1.807) is 18.3 Å². The van der Waals surface area contributed by atoms with Gasteiger partial charge in [0.05, 0.1) is 6.61 Å². The van der Waals surface area contributed by atoms with Gasteiger partial charge in [-0.1, -0.05) is 11.6 Å². The number of ether oxygens (including phenoxy) is 1. The largest absolute Gasteiger partial charge is 0.489 e. The van der Waals surface area contributed by atoms with Crippen molar-refractivity contribution in [1.29, 1.82) is 0 Å². The van der Waals surface area contributed by atoms with E-state index in [9.17, 15) is 4.39 Å².